The molecule has 394 valence electrons. The zero-order valence-corrected chi connectivity index (χ0v) is 40.7. The SMILES string of the molecule is [3H][C@@]1(C(=O)NCC(=O)N[C@@H](Cc2ccccc2)C(=O)N[C@@H](CO)C(=O)N2CCC[C@H]2C(=O)N[C@@H](CC(C)C)C(=O)O)CCCN1C(=O)[C@]1([3H])CCCN1C(=O)[C@H](CCCN=C(N)N)NC(=O)[C@@H](N)CCCCN. The van der Waals surface area contributed by atoms with Gasteiger partial charge in [0.2, 0.25) is 47.3 Å². The molecule has 24 heteroatoms. The van der Waals surface area contributed by atoms with Crippen molar-refractivity contribution < 1.29 is 56.1 Å². The van der Waals surface area contributed by atoms with Gasteiger partial charge in [-0.1, -0.05) is 50.6 Å². The highest BCUT2D eigenvalue weighted by molar-refractivity contribution is 5.98. The van der Waals surface area contributed by atoms with E-state index in [0.29, 0.717) is 37.8 Å². The first kappa shape index (κ1) is 53.9. The number of rotatable bonds is 27. The molecule has 1 aromatic rings. The number of hydrogen-bond donors (Lipinski definition) is 11. The number of carbonyl (C=O) groups is 9. The third-order valence-corrected chi connectivity index (χ3v) is 12.4. The third kappa shape index (κ3) is 17.2. The molecule has 3 heterocycles. The molecule has 3 saturated heterocycles. The molecule has 0 unspecified atom stereocenters. The highest BCUT2D eigenvalue weighted by Crippen LogP contribution is 2.26. The summed E-state index contributed by atoms with van der Waals surface area (Å²) in [6.45, 7) is 2.36. The Kier molecular flexibility index (Phi) is 21.6. The Morgan fingerprint density at radius 2 is 1.38 bits per heavy atom. The van der Waals surface area contributed by atoms with E-state index in [4.69, 9.17) is 22.9 Å². The van der Waals surface area contributed by atoms with Gasteiger partial charge in [0.05, 0.1) is 21.9 Å². The van der Waals surface area contributed by atoms with Crippen molar-refractivity contribution in [2.24, 2.45) is 33.8 Å². The molecule has 8 atom stereocenters. The largest absolute Gasteiger partial charge is 0.480 e. The second-order valence-corrected chi connectivity index (χ2v) is 18.4. The van der Waals surface area contributed by atoms with Gasteiger partial charge in [-0.05, 0) is 88.7 Å². The van der Waals surface area contributed by atoms with Crippen LogP contribution in [0.5, 0.6) is 0 Å². The van der Waals surface area contributed by atoms with E-state index in [2.05, 4.69) is 31.6 Å². The normalized spacial score (nSPS) is 22.2. The number of nitrogens with zero attached hydrogens (tertiary/aromatic N) is 4. The number of nitrogens with one attached hydrogen (secondary N) is 5. The summed E-state index contributed by atoms with van der Waals surface area (Å²) in [5.74, 6) is -8.21. The van der Waals surface area contributed by atoms with Gasteiger partial charge < -0.3 is 74.4 Å². The Balaban J connectivity index is 1.45. The van der Waals surface area contributed by atoms with Crippen LogP contribution in [0.3, 0.4) is 0 Å². The van der Waals surface area contributed by atoms with E-state index >= 15 is 0 Å². The quantitative estimate of drug-likeness (QED) is 0.0236. The third-order valence-electron chi connectivity index (χ3n) is 12.4. The molecule has 0 aromatic heterocycles. The second kappa shape index (κ2) is 28.4. The molecular weight excluding hydrogens is 923 g/mol. The smallest absolute Gasteiger partial charge is 0.326 e. The van der Waals surface area contributed by atoms with Crippen LogP contribution in [-0.2, 0) is 49.6 Å². The van der Waals surface area contributed by atoms with Crippen LogP contribution in [0.2, 0.25) is 0 Å². The lowest BCUT2D eigenvalue weighted by Gasteiger charge is -2.33. The van der Waals surface area contributed by atoms with Crippen molar-refractivity contribution >= 4 is 59.2 Å². The second-order valence-electron chi connectivity index (χ2n) is 18.4. The van der Waals surface area contributed by atoms with E-state index in [0.717, 1.165) is 9.80 Å². The minimum atomic E-state index is -2.32. The van der Waals surface area contributed by atoms with E-state index in [9.17, 15) is 56.1 Å². The van der Waals surface area contributed by atoms with Gasteiger partial charge in [0, 0.05) is 32.6 Å². The van der Waals surface area contributed by atoms with Crippen molar-refractivity contribution in [2.45, 2.75) is 146 Å². The zero-order chi connectivity index (χ0) is 54.0. The summed E-state index contributed by atoms with van der Waals surface area (Å²) in [6.07, 6.45) is 2.44. The molecule has 3 aliphatic heterocycles. The minimum Gasteiger partial charge on any atom is -0.480 e. The number of aliphatic imine (C=N–C) groups is 1. The molecule has 3 fully saturated rings. The van der Waals surface area contributed by atoms with Gasteiger partial charge in [0.15, 0.2) is 5.96 Å². The number of carboxylic acids is 1. The van der Waals surface area contributed by atoms with Crippen molar-refractivity contribution in [3.8, 4) is 0 Å². The lowest BCUT2D eigenvalue weighted by molar-refractivity contribution is -0.148. The maximum absolute atomic E-state index is 14.4. The van der Waals surface area contributed by atoms with Gasteiger partial charge in [0.1, 0.15) is 42.2 Å². The van der Waals surface area contributed by atoms with E-state index in [1.165, 1.54) is 4.90 Å². The average Bonchev–Trinajstić information content (AvgIpc) is 4.11. The molecule has 0 aliphatic carbocycles. The summed E-state index contributed by atoms with van der Waals surface area (Å²) in [7, 11) is 0. The fourth-order valence-corrected chi connectivity index (χ4v) is 8.79. The summed E-state index contributed by atoms with van der Waals surface area (Å²) in [4.78, 5) is 129. The number of nitrogens with two attached hydrogens (primary N) is 4. The first-order chi connectivity index (χ1) is 34.6. The van der Waals surface area contributed by atoms with Crippen LogP contribution in [0.4, 0.5) is 0 Å². The summed E-state index contributed by atoms with van der Waals surface area (Å²) >= 11 is 0. The Bertz CT molecular complexity index is 2160. The van der Waals surface area contributed by atoms with Crippen molar-refractivity contribution in [1.82, 2.24) is 41.3 Å². The predicted octanol–water partition coefficient (Wildman–Crippen LogP) is -3.11. The standard InChI is InChI=1S/C47H75N13O11/c1-28(2)24-33(46(70)71)56-42(66)36-17-10-21-58(36)44(68)34(27-61)57-40(64)32(25-29-12-4-3-5-13-29)54-38(62)26-53-41(65)35-16-9-22-59(35)45(69)37-18-11-23-60(37)43(67)31(15-8-20-52-47(50)51)55-39(63)30(49)14-6-7-19-48/h3-5,12-13,28,30-37,61H,6-11,14-27,48-49H2,1-2H3,(H,53,65)(H,54,62)(H,55,63)(H,56,66)(H,57,64)(H,70,71)(H4,50,51,52)/t30-,31-,32-,33-,34-,35-,36-,37-/m0/s1/i35T,37T. The number of likely N-dealkylation sites (tertiary alicyclic amines) is 3. The highest BCUT2D eigenvalue weighted by Gasteiger charge is 2.44. The molecule has 3 aliphatic rings. The first-order valence-electron chi connectivity index (χ1n) is 25.4. The van der Waals surface area contributed by atoms with Crippen LogP contribution in [0.1, 0.15) is 99.2 Å². The number of aliphatic hydroxyl groups is 1. The molecule has 8 amide bonds. The van der Waals surface area contributed by atoms with Gasteiger partial charge in [-0.3, -0.25) is 43.3 Å². The van der Waals surface area contributed by atoms with Crippen LogP contribution in [0, 0.1) is 5.92 Å². The van der Waals surface area contributed by atoms with Crippen LogP contribution >= 0.6 is 0 Å². The van der Waals surface area contributed by atoms with Crippen molar-refractivity contribution in [2.75, 3.05) is 45.9 Å². The fraction of sp³-hybridized carbons (Fsp3) is 0.660. The lowest BCUT2D eigenvalue weighted by Crippen LogP contribution is -2.59. The van der Waals surface area contributed by atoms with Crippen molar-refractivity contribution in [3.05, 3.63) is 35.9 Å². The lowest BCUT2D eigenvalue weighted by atomic mass is 10.0. The fourth-order valence-electron chi connectivity index (χ4n) is 8.79. The number of aliphatic hydroxyl groups excluding tert-OH is 1. The van der Waals surface area contributed by atoms with E-state index in [1.54, 1.807) is 44.2 Å². The van der Waals surface area contributed by atoms with Crippen molar-refractivity contribution in [1.29, 1.82) is 0 Å². The number of amides is 8. The molecule has 15 N–H and O–H groups in total. The zero-order valence-electron chi connectivity index (χ0n) is 42.7. The van der Waals surface area contributed by atoms with E-state index in [-0.39, 0.29) is 95.8 Å². The highest BCUT2D eigenvalue weighted by atomic mass is 16.4. The summed E-state index contributed by atoms with van der Waals surface area (Å²) < 4.78 is 18.7. The molecule has 24 nitrogen and oxygen atoms in total. The van der Waals surface area contributed by atoms with Gasteiger partial charge in [-0.15, -0.1) is 0 Å². The number of hydrogen-bond acceptors (Lipinski definition) is 13. The van der Waals surface area contributed by atoms with Crippen LogP contribution < -0.4 is 49.5 Å². The number of carboxylic acid groups (broad SMARTS) is 1. The van der Waals surface area contributed by atoms with Gasteiger partial charge in [-0.25, -0.2) is 4.79 Å². The van der Waals surface area contributed by atoms with Crippen LogP contribution in [-0.4, -0.2) is 178 Å². The molecule has 4 rings (SSSR count). The Hall–Kier alpha value is -6.40. The van der Waals surface area contributed by atoms with Gasteiger partial charge >= 0.3 is 5.97 Å². The summed E-state index contributed by atoms with van der Waals surface area (Å²) in [5.41, 5.74) is 23.2. The molecule has 1 aromatic carbocycles. The van der Waals surface area contributed by atoms with E-state index in [1.807, 2.05) is 0 Å². The molecule has 71 heavy (non-hydrogen) atoms. The summed E-state index contributed by atoms with van der Waals surface area (Å²) in [6, 6.07) is -3.54. The molecule has 0 spiro atoms. The first-order valence-corrected chi connectivity index (χ1v) is 24.4. The Morgan fingerprint density at radius 1 is 0.746 bits per heavy atom. The number of guanidine groups is 1. The van der Waals surface area contributed by atoms with Crippen LogP contribution in [0.25, 0.3) is 0 Å². The number of benzene rings is 1. The van der Waals surface area contributed by atoms with E-state index < -0.39 is 115 Å². The number of unbranched alkanes of at least 4 members (excludes halogenated alkanes) is 1. The summed E-state index contributed by atoms with van der Waals surface area (Å²) in [5, 5.41) is 32.5. The van der Waals surface area contributed by atoms with Crippen molar-refractivity contribution in [3.63, 3.8) is 0 Å². The maximum Gasteiger partial charge on any atom is 0.326 e. The molecule has 0 radical (unpaired) electrons. The predicted molar refractivity (Wildman–Crippen MR) is 260 cm³/mol. The Labute approximate surface area is 417 Å². The Morgan fingerprint density at radius 3 is 2.03 bits per heavy atom. The monoisotopic (exact) mass is 1000 g/mol. The maximum atomic E-state index is 14.4. The number of aliphatic carboxylic acids is 1. The number of carbonyl (C=O) groups excluding carboxylic acids is 8. The van der Waals surface area contributed by atoms with Gasteiger partial charge in [-0.2, -0.15) is 0 Å². The van der Waals surface area contributed by atoms with Gasteiger partial charge in [0.25, 0.3) is 0 Å². The average molecular weight is 1000 g/mol. The molecule has 0 bridgehead atoms. The molecular formula is C47H75N13O11. The van der Waals surface area contributed by atoms with Crippen LogP contribution in [0.15, 0.2) is 35.3 Å². The minimum absolute atomic E-state index is 0.0258. The molecule has 0 saturated carbocycles. The topological polar surface area (TPSA) is 380 Å².